The first-order chi connectivity index (χ1) is 10.1. The first-order valence-corrected chi connectivity index (χ1v) is 7.42. The van der Waals surface area contributed by atoms with E-state index >= 15 is 0 Å². The van der Waals surface area contributed by atoms with Crippen LogP contribution in [-0.4, -0.2) is 5.91 Å². The van der Waals surface area contributed by atoms with E-state index in [1.807, 2.05) is 18.2 Å². The zero-order valence-electron chi connectivity index (χ0n) is 12.2. The highest BCUT2D eigenvalue weighted by molar-refractivity contribution is 6.35. The van der Waals surface area contributed by atoms with Crippen LogP contribution in [0.2, 0.25) is 5.02 Å². The summed E-state index contributed by atoms with van der Waals surface area (Å²) in [6.07, 6.45) is 1.70. The zero-order chi connectivity index (χ0) is 15.4. The molecule has 0 radical (unpaired) electrons. The highest BCUT2D eigenvalue weighted by Crippen LogP contribution is 2.27. The minimum Gasteiger partial charge on any atom is -0.398 e. The number of carbonyl (C=O) groups excluding carboxylic acids is 1. The second-order valence-electron chi connectivity index (χ2n) is 4.82. The van der Waals surface area contributed by atoms with Gasteiger partial charge < -0.3 is 11.1 Å². The highest BCUT2D eigenvalue weighted by Gasteiger charge is 2.16. The van der Waals surface area contributed by atoms with Crippen LogP contribution >= 0.6 is 11.6 Å². The van der Waals surface area contributed by atoms with E-state index in [9.17, 15) is 4.79 Å². The van der Waals surface area contributed by atoms with Crippen LogP contribution in [-0.2, 0) is 12.8 Å². The third kappa shape index (κ3) is 3.19. The Morgan fingerprint density at radius 1 is 1.10 bits per heavy atom. The summed E-state index contributed by atoms with van der Waals surface area (Å²) >= 11 is 6.10. The summed E-state index contributed by atoms with van der Waals surface area (Å²) in [5, 5.41) is 3.34. The predicted octanol–water partition coefficient (Wildman–Crippen LogP) is 4.30. The summed E-state index contributed by atoms with van der Waals surface area (Å²) in [6, 6.07) is 11.1. The lowest BCUT2D eigenvalue weighted by atomic mass is 10.0. The molecule has 3 N–H and O–H groups in total. The van der Waals surface area contributed by atoms with Crippen molar-refractivity contribution in [2.24, 2.45) is 0 Å². The van der Waals surface area contributed by atoms with Gasteiger partial charge >= 0.3 is 0 Å². The number of halogens is 1. The molecule has 4 heteroatoms. The Morgan fingerprint density at radius 2 is 1.67 bits per heavy atom. The van der Waals surface area contributed by atoms with E-state index in [4.69, 9.17) is 17.3 Å². The molecule has 0 aromatic heterocycles. The molecule has 0 atom stereocenters. The number of nitrogens with one attached hydrogen (secondary N) is 1. The minimum absolute atomic E-state index is 0.270. The SMILES string of the molecule is CCc1cccc(CC)c1NC(=O)c1c(N)cccc1Cl. The maximum absolute atomic E-state index is 12.5. The van der Waals surface area contributed by atoms with Crippen LogP contribution in [0.1, 0.15) is 35.3 Å². The molecular formula is C17H19ClN2O. The summed E-state index contributed by atoms with van der Waals surface area (Å²) in [7, 11) is 0. The van der Waals surface area contributed by atoms with Gasteiger partial charge in [-0.2, -0.15) is 0 Å². The van der Waals surface area contributed by atoms with E-state index in [1.54, 1.807) is 18.2 Å². The fourth-order valence-electron chi connectivity index (χ4n) is 2.36. The maximum Gasteiger partial charge on any atom is 0.259 e. The lowest BCUT2D eigenvalue weighted by molar-refractivity contribution is 0.102. The van der Waals surface area contributed by atoms with Gasteiger partial charge in [0.05, 0.1) is 10.6 Å². The number of amides is 1. The molecule has 0 saturated heterocycles. The van der Waals surface area contributed by atoms with Crippen LogP contribution < -0.4 is 11.1 Å². The van der Waals surface area contributed by atoms with E-state index in [-0.39, 0.29) is 5.91 Å². The van der Waals surface area contributed by atoms with Crippen molar-refractivity contribution in [2.75, 3.05) is 11.1 Å². The molecule has 1 amide bonds. The number of aryl methyl sites for hydroxylation is 2. The van der Waals surface area contributed by atoms with Gasteiger partial charge in [0.15, 0.2) is 0 Å². The average Bonchev–Trinajstić information content (AvgIpc) is 2.47. The van der Waals surface area contributed by atoms with Crippen molar-refractivity contribution in [1.29, 1.82) is 0 Å². The van der Waals surface area contributed by atoms with Gasteiger partial charge in [-0.1, -0.05) is 49.7 Å². The number of rotatable bonds is 4. The van der Waals surface area contributed by atoms with Crippen molar-refractivity contribution in [3.05, 3.63) is 58.1 Å². The molecule has 2 aromatic rings. The maximum atomic E-state index is 12.5. The predicted molar refractivity (Wildman–Crippen MR) is 89.0 cm³/mol. The fourth-order valence-corrected chi connectivity index (χ4v) is 2.63. The molecule has 2 aromatic carbocycles. The summed E-state index contributed by atoms with van der Waals surface area (Å²) in [4.78, 5) is 12.5. The van der Waals surface area contributed by atoms with E-state index in [0.29, 0.717) is 16.3 Å². The topological polar surface area (TPSA) is 55.1 Å². The van der Waals surface area contributed by atoms with Crippen LogP contribution in [0, 0.1) is 0 Å². The number of hydrogen-bond donors (Lipinski definition) is 2. The van der Waals surface area contributed by atoms with Crippen molar-refractivity contribution in [2.45, 2.75) is 26.7 Å². The summed E-state index contributed by atoms with van der Waals surface area (Å²) in [6.45, 7) is 4.13. The number of hydrogen-bond acceptors (Lipinski definition) is 2. The van der Waals surface area contributed by atoms with Crippen LogP contribution in [0.5, 0.6) is 0 Å². The number of benzene rings is 2. The van der Waals surface area contributed by atoms with E-state index in [0.717, 1.165) is 29.7 Å². The molecule has 0 fully saturated rings. The Hall–Kier alpha value is -2.00. The van der Waals surface area contributed by atoms with Gasteiger partial charge in [-0.25, -0.2) is 0 Å². The Bertz CT molecular complexity index is 625. The minimum atomic E-state index is -0.270. The van der Waals surface area contributed by atoms with Crippen molar-refractivity contribution >= 4 is 28.9 Å². The van der Waals surface area contributed by atoms with Crippen molar-refractivity contribution in [1.82, 2.24) is 0 Å². The van der Waals surface area contributed by atoms with Gasteiger partial charge in [0.2, 0.25) is 0 Å². The molecule has 0 heterocycles. The number of nitrogens with two attached hydrogens (primary N) is 1. The first kappa shape index (κ1) is 15.4. The molecule has 2 rings (SSSR count). The summed E-state index contributed by atoms with van der Waals surface area (Å²) in [5.41, 5.74) is 9.66. The molecule has 0 unspecified atom stereocenters. The largest absolute Gasteiger partial charge is 0.398 e. The highest BCUT2D eigenvalue weighted by atomic mass is 35.5. The van der Waals surface area contributed by atoms with Crippen LogP contribution in [0.15, 0.2) is 36.4 Å². The Morgan fingerprint density at radius 3 is 2.19 bits per heavy atom. The molecule has 21 heavy (non-hydrogen) atoms. The molecule has 110 valence electrons. The number of anilines is 2. The van der Waals surface area contributed by atoms with Gasteiger partial charge in [0.25, 0.3) is 5.91 Å². The monoisotopic (exact) mass is 302 g/mol. The van der Waals surface area contributed by atoms with Crippen LogP contribution in [0.25, 0.3) is 0 Å². The van der Waals surface area contributed by atoms with E-state index in [1.165, 1.54) is 0 Å². The zero-order valence-corrected chi connectivity index (χ0v) is 13.0. The molecule has 0 aliphatic carbocycles. The number of carbonyl (C=O) groups is 1. The Balaban J connectivity index is 2.40. The van der Waals surface area contributed by atoms with Gasteiger partial charge in [-0.3, -0.25) is 4.79 Å². The van der Waals surface area contributed by atoms with Gasteiger partial charge in [0.1, 0.15) is 0 Å². The molecular weight excluding hydrogens is 284 g/mol. The Labute approximate surface area is 130 Å². The molecule has 0 saturated carbocycles. The first-order valence-electron chi connectivity index (χ1n) is 7.04. The second kappa shape index (κ2) is 6.64. The average molecular weight is 303 g/mol. The summed E-state index contributed by atoms with van der Waals surface area (Å²) in [5.74, 6) is -0.270. The normalized spacial score (nSPS) is 10.4. The van der Waals surface area contributed by atoms with Crippen LogP contribution in [0.4, 0.5) is 11.4 Å². The number of nitrogen functional groups attached to an aromatic ring is 1. The molecule has 0 spiro atoms. The Kier molecular flexibility index (Phi) is 4.86. The van der Waals surface area contributed by atoms with E-state index < -0.39 is 0 Å². The van der Waals surface area contributed by atoms with Gasteiger partial charge in [-0.05, 0) is 36.1 Å². The van der Waals surface area contributed by atoms with Crippen LogP contribution in [0.3, 0.4) is 0 Å². The summed E-state index contributed by atoms with van der Waals surface area (Å²) < 4.78 is 0. The third-order valence-corrected chi connectivity index (χ3v) is 3.83. The molecule has 0 aliphatic heterocycles. The third-order valence-electron chi connectivity index (χ3n) is 3.51. The molecule has 0 bridgehead atoms. The smallest absolute Gasteiger partial charge is 0.259 e. The quantitative estimate of drug-likeness (QED) is 0.827. The second-order valence-corrected chi connectivity index (χ2v) is 5.22. The van der Waals surface area contributed by atoms with Crippen molar-refractivity contribution < 1.29 is 4.79 Å². The van der Waals surface area contributed by atoms with Gasteiger partial charge in [0, 0.05) is 11.4 Å². The molecule has 3 nitrogen and oxygen atoms in total. The number of para-hydroxylation sites is 1. The lowest BCUT2D eigenvalue weighted by Gasteiger charge is -2.15. The van der Waals surface area contributed by atoms with Gasteiger partial charge in [-0.15, -0.1) is 0 Å². The van der Waals surface area contributed by atoms with Crippen molar-refractivity contribution in [3.8, 4) is 0 Å². The molecule has 0 aliphatic rings. The van der Waals surface area contributed by atoms with Crippen molar-refractivity contribution in [3.63, 3.8) is 0 Å². The fraction of sp³-hybridized carbons (Fsp3) is 0.235. The standard InChI is InChI=1S/C17H19ClN2O/c1-3-11-7-5-8-12(4-2)16(11)20-17(21)15-13(18)9-6-10-14(15)19/h5-10H,3-4,19H2,1-2H3,(H,20,21). The van der Waals surface area contributed by atoms with E-state index in [2.05, 4.69) is 19.2 Å². The lowest BCUT2D eigenvalue weighted by Crippen LogP contribution is -2.17.